The Kier molecular flexibility index (Phi) is 4.03. The Labute approximate surface area is 122 Å². The fraction of sp³-hybridized carbons (Fsp3) is 0.182. The van der Waals surface area contributed by atoms with Crippen molar-refractivity contribution in [1.82, 2.24) is 14.5 Å². The normalized spacial score (nSPS) is 12.5. The highest BCUT2D eigenvalue weighted by Crippen LogP contribution is 2.18. The second kappa shape index (κ2) is 5.47. The van der Waals surface area contributed by atoms with E-state index < -0.39 is 20.0 Å². The van der Waals surface area contributed by atoms with E-state index in [-0.39, 0.29) is 15.6 Å². The molecule has 2 rings (SSSR count). The maximum absolute atomic E-state index is 11.9. The van der Waals surface area contributed by atoms with Crippen LogP contribution in [0.25, 0.3) is 0 Å². The summed E-state index contributed by atoms with van der Waals surface area (Å²) in [6, 6.07) is 6.74. The third kappa shape index (κ3) is 3.23. The SMILES string of the molecule is CN(C)S(=O)(=O)c1ccc(NS(=O)(=O)c2ccn[nH]2)cc1. The number of rotatable bonds is 5. The maximum Gasteiger partial charge on any atom is 0.278 e. The molecular weight excluding hydrogens is 316 g/mol. The standard InChI is InChI=1S/C11H14N4O4S2/c1-15(2)21(18,19)10-5-3-9(4-6-10)14-20(16,17)11-7-8-12-13-11/h3-8,14H,1-2H3,(H,12,13). The van der Waals surface area contributed by atoms with E-state index in [0.29, 0.717) is 0 Å². The molecule has 8 nitrogen and oxygen atoms in total. The Balaban J connectivity index is 2.25. The molecule has 114 valence electrons. The molecule has 0 amide bonds. The number of nitrogens with one attached hydrogen (secondary N) is 2. The van der Waals surface area contributed by atoms with E-state index in [4.69, 9.17) is 0 Å². The molecule has 10 heteroatoms. The second-order valence-corrected chi connectivity index (χ2v) is 8.14. The number of H-pyrrole nitrogens is 1. The van der Waals surface area contributed by atoms with Gasteiger partial charge in [-0.2, -0.15) is 13.5 Å². The molecule has 1 aromatic heterocycles. The van der Waals surface area contributed by atoms with E-state index in [1.165, 1.54) is 50.6 Å². The molecule has 21 heavy (non-hydrogen) atoms. The zero-order valence-corrected chi connectivity index (χ0v) is 12.9. The molecule has 1 aromatic carbocycles. The van der Waals surface area contributed by atoms with Crippen molar-refractivity contribution in [2.45, 2.75) is 9.92 Å². The van der Waals surface area contributed by atoms with Gasteiger partial charge in [0.2, 0.25) is 10.0 Å². The summed E-state index contributed by atoms with van der Waals surface area (Å²) in [5, 5.41) is 5.84. The maximum atomic E-state index is 11.9. The minimum atomic E-state index is -3.76. The first-order chi connectivity index (χ1) is 9.73. The molecule has 0 aliphatic heterocycles. The topological polar surface area (TPSA) is 112 Å². The molecule has 0 aliphatic carbocycles. The average molecular weight is 330 g/mol. The summed E-state index contributed by atoms with van der Waals surface area (Å²) in [5.74, 6) is 0. The van der Waals surface area contributed by atoms with E-state index in [1.807, 2.05) is 0 Å². The van der Waals surface area contributed by atoms with Gasteiger partial charge in [-0.3, -0.25) is 9.82 Å². The number of hydrogen-bond acceptors (Lipinski definition) is 5. The summed E-state index contributed by atoms with van der Waals surface area (Å²) in [6.45, 7) is 0. The predicted molar refractivity (Wildman–Crippen MR) is 76.7 cm³/mol. The first kappa shape index (κ1) is 15.5. The first-order valence-electron chi connectivity index (χ1n) is 5.78. The molecule has 0 atom stereocenters. The number of aromatic amines is 1. The third-order valence-corrected chi connectivity index (χ3v) is 5.79. The molecule has 1 heterocycles. The minimum absolute atomic E-state index is 0.0764. The van der Waals surface area contributed by atoms with Gasteiger partial charge in [0.25, 0.3) is 10.0 Å². The van der Waals surface area contributed by atoms with E-state index in [1.54, 1.807) is 0 Å². The highest BCUT2D eigenvalue weighted by molar-refractivity contribution is 7.92. The first-order valence-corrected chi connectivity index (χ1v) is 8.70. The van der Waals surface area contributed by atoms with Crippen LogP contribution < -0.4 is 4.72 Å². The second-order valence-electron chi connectivity index (χ2n) is 4.34. The van der Waals surface area contributed by atoms with Crippen LogP contribution in [0, 0.1) is 0 Å². The van der Waals surface area contributed by atoms with E-state index in [9.17, 15) is 16.8 Å². The quantitative estimate of drug-likeness (QED) is 0.827. The monoisotopic (exact) mass is 330 g/mol. The van der Waals surface area contributed by atoms with E-state index >= 15 is 0 Å². The summed E-state index contributed by atoms with van der Waals surface area (Å²) in [6.07, 6.45) is 1.32. The number of nitrogens with zero attached hydrogens (tertiary/aromatic N) is 2. The molecule has 0 spiro atoms. The third-order valence-electron chi connectivity index (χ3n) is 2.65. The van der Waals surface area contributed by atoms with Gasteiger partial charge < -0.3 is 0 Å². The Morgan fingerprint density at radius 3 is 2.14 bits per heavy atom. The van der Waals surface area contributed by atoms with Crippen LogP contribution in [0.1, 0.15) is 0 Å². The van der Waals surface area contributed by atoms with Crippen molar-refractivity contribution >= 4 is 25.7 Å². The minimum Gasteiger partial charge on any atom is -0.278 e. The molecule has 0 aliphatic rings. The summed E-state index contributed by atoms with van der Waals surface area (Å²) in [4.78, 5) is 0.0805. The number of aromatic nitrogens is 2. The molecule has 0 fully saturated rings. The van der Waals surface area contributed by atoms with Crippen LogP contribution in [0.4, 0.5) is 5.69 Å². The highest BCUT2D eigenvalue weighted by Gasteiger charge is 2.18. The molecule has 2 N–H and O–H groups in total. The van der Waals surface area contributed by atoms with Crippen molar-refractivity contribution in [2.24, 2.45) is 0 Å². The van der Waals surface area contributed by atoms with Gasteiger partial charge in [-0.25, -0.2) is 12.7 Å². The van der Waals surface area contributed by atoms with Crippen molar-refractivity contribution in [1.29, 1.82) is 0 Å². The molecule has 0 bridgehead atoms. The summed E-state index contributed by atoms with van der Waals surface area (Å²) in [5.41, 5.74) is 0.252. The van der Waals surface area contributed by atoms with Gasteiger partial charge in [0, 0.05) is 19.8 Å². The van der Waals surface area contributed by atoms with Gasteiger partial charge in [0.15, 0.2) is 5.03 Å². The van der Waals surface area contributed by atoms with Crippen LogP contribution in [-0.2, 0) is 20.0 Å². The lowest BCUT2D eigenvalue weighted by atomic mass is 10.3. The van der Waals surface area contributed by atoms with Crippen molar-refractivity contribution in [3.05, 3.63) is 36.5 Å². The van der Waals surface area contributed by atoms with E-state index in [0.717, 1.165) is 4.31 Å². The van der Waals surface area contributed by atoms with Crippen LogP contribution >= 0.6 is 0 Å². The van der Waals surface area contributed by atoms with Gasteiger partial charge >= 0.3 is 0 Å². The number of sulfonamides is 2. The summed E-state index contributed by atoms with van der Waals surface area (Å²) in [7, 11) is -4.46. The Morgan fingerprint density at radius 2 is 1.67 bits per heavy atom. The number of anilines is 1. The van der Waals surface area contributed by atoms with Crippen molar-refractivity contribution in [2.75, 3.05) is 18.8 Å². The largest absolute Gasteiger partial charge is 0.278 e. The highest BCUT2D eigenvalue weighted by atomic mass is 32.2. The van der Waals surface area contributed by atoms with Gasteiger partial charge in [0.1, 0.15) is 0 Å². The van der Waals surface area contributed by atoms with Crippen molar-refractivity contribution in [3.8, 4) is 0 Å². The molecule has 0 saturated heterocycles. The Hall–Kier alpha value is -1.91. The Bertz CT molecular complexity index is 810. The zero-order chi connectivity index (χ0) is 15.7. The lowest BCUT2D eigenvalue weighted by Crippen LogP contribution is -2.22. The van der Waals surface area contributed by atoms with E-state index in [2.05, 4.69) is 14.9 Å². The van der Waals surface area contributed by atoms with Crippen LogP contribution in [0.2, 0.25) is 0 Å². The molecule has 0 unspecified atom stereocenters. The molecule has 0 saturated carbocycles. The predicted octanol–water partition coefficient (Wildman–Crippen LogP) is 0.461. The van der Waals surface area contributed by atoms with Gasteiger partial charge in [-0.15, -0.1) is 0 Å². The lowest BCUT2D eigenvalue weighted by Gasteiger charge is -2.12. The fourth-order valence-corrected chi connectivity index (χ4v) is 3.38. The van der Waals surface area contributed by atoms with Crippen molar-refractivity contribution in [3.63, 3.8) is 0 Å². The summed E-state index contributed by atoms with van der Waals surface area (Å²) < 4.78 is 51.1. The van der Waals surface area contributed by atoms with Crippen LogP contribution in [0.15, 0.2) is 46.5 Å². The van der Waals surface area contributed by atoms with Gasteiger partial charge in [-0.1, -0.05) is 0 Å². The number of hydrogen-bond donors (Lipinski definition) is 2. The van der Waals surface area contributed by atoms with Crippen LogP contribution in [0.3, 0.4) is 0 Å². The van der Waals surface area contributed by atoms with Crippen LogP contribution in [-0.4, -0.2) is 45.4 Å². The average Bonchev–Trinajstić information content (AvgIpc) is 2.93. The van der Waals surface area contributed by atoms with Gasteiger partial charge in [0.05, 0.1) is 11.1 Å². The summed E-state index contributed by atoms with van der Waals surface area (Å²) >= 11 is 0. The molecule has 0 radical (unpaired) electrons. The lowest BCUT2D eigenvalue weighted by molar-refractivity contribution is 0.521. The smallest absolute Gasteiger partial charge is 0.278 e. The number of benzene rings is 1. The molecular formula is C11H14N4O4S2. The molecule has 2 aromatic rings. The van der Waals surface area contributed by atoms with Crippen LogP contribution in [0.5, 0.6) is 0 Å². The fourth-order valence-electron chi connectivity index (χ4n) is 1.51. The Morgan fingerprint density at radius 1 is 1.05 bits per heavy atom. The zero-order valence-electron chi connectivity index (χ0n) is 11.3. The van der Waals surface area contributed by atoms with Crippen molar-refractivity contribution < 1.29 is 16.8 Å². The van der Waals surface area contributed by atoms with Gasteiger partial charge in [-0.05, 0) is 30.3 Å².